The van der Waals surface area contributed by atoms with Gasteiger partial charge in [0, 0.05) is 24.2 Å². The van der Waals surface area contributed by atoms with Gasteiger partial charge in [-0.1, -0.05) is 12.5 Å². The first kappa shape index (κ1) is 10.9. The van der Waals surface area contributed by atoms with Gasteiger partial charge in [-0.25, -0.2) is 0 Å². The normalized spacial score (nSPS) is 30.8. The number of ketones is 1. The first-order chi connectivity index (χ1) is 8.22. The number of carbonyl (C=O) groups is 1. The van der Waals surface area contributed by atoms with Crippen LogP contribution in [0.3, 0.4) is 0 Å². The SMILES string of the molecule is Cc1ccc(CC(=O)C2CC3CCC2C3)nc1. The van der Waals surface area contributed by atoms with E-state index in [-0.39, 0.29) is 0 Å². The number of fused-ring (bicyclic) bond motifs is 2. The van der Waals surface area contributed by atoms with Gasteiger partial charge in [-0.15, -0.1) is 0 Å². The Morgan fingerprint density at radius 3 is 2.82 bits per heavy atom. The minimum atomic E-state index is 0.344. The van der Waals surface area contributed by atoms with Gasteiger partial charge in [0.25, 0.3) is 0 Å². The van der Waals surface area contributed by atoms with Crippen LogP contribution in [0.15, 0.2) is 18.3 Å². The van der Waals surface area contributed by atoms with E-state index in [0.29, 0.717) is 24.0 Å². The average Bonchev–Trinajstić information content (AvgIpc) is 2.94. The van der Waals surface area contributed by atoms with Crippen LogP contribution in [0, 0.1) is 24.7 Å². The lowest BCUT2D eigenvalue weighted by Gasteiger charge is -2.20. The van der Waals surface area contributed by atoms with Gasteiger partial charge in [0.1, 0.15) is 5.78 Å². The van der Waals surface area contributed by atoms with Gasteiger partial charge in [-0.2, -0.15) is 0 Å². The van der Waals surface area contributed by atoms with Gasteiger partial charge in [0.2, 0.25) is 0 Å². The van der Waals surface area contributed by atoms with Gasteiger partial charge in [0.05, 0.1) is 0 Å². The summed E-state index contributed by atoms with van der Waals surface area (Å²) in [6.45, 7) is 2.02. The molecule has 2 aliphatic rings. The Bertz CT molecular complexity index is 423. The molecule has 2 nitrogen and oxygen atoms in total. The zero-order chi connectivity index (χ0) is 11.8. The van der Waals surface area contributed by atoms with Crippen molar-refractivity contribution in [3.05, 3.63) is 29.6 Å². The smallest absolute Gasteiger partial charge is 0.142 e. The van der Waals surface area contributed by atoms with Crippen molar-refractivity contribution in [3.63, 3.8) is 0 Å². The second-order valence-corrected chi connectivity index (χ2v) is 5.75. The molecule has 90 valence electrons. The zero-order valence-corrected chi connectivity index (χ0v) is 10.4. The van der Waals surface area contributed by atoms with Crippen molar-refractivity contribution in [2.75, 3.05) is 0 Å². The summed E-state index contributed by atoms with van der Waals surface area (Å²) in [5, 5.41) is 0. The molecular formula is C15H19NO. The van der Waals surface area contributed by atoms with E-state index in [1.165, 1.54) is 19.3 Å². The molecule has 0 aliphatic heterocycles. The summed E-state index contributed by atoms with van der Waals surface area (Å²) >= 11 is 0. The molecule has 17 heavy (non-hydrogen) atoms. The number of rotatable bonds is 3. The Kier molecular flexibility index (Phi) is 2.73. The third-order valence-electron chi connectivity index (χ3n) is 4.48. The molecule has 3 unspecified atom stereocenters. The Morgan fingerprint density at radius 1 is 1.35 bits per heavy atom. The van der Waals surface area contributed by atoms with E-state index >= 15 is 0 Å². The maximum absolute atomic E-state index is 12.2. The van der Waals surface area contributed by atoms with E-state index in [2.05, 4.69) is 4.98 Å². The molecule has 1 heterocycles. The van der Waals surface area contributed by atoms with Crippen molar-refractivity contribution >= 4 is 5.78 Å². The van der Waals surface area contributed by atoms with Crippen LogP contribution in [0.5, 0.6) is 0 Å². The summed E-state index contributed by atoms with van der Waals surface area (Å²) in [5.74, 6) is 2.31. The molecule has 2 aliphatic carbocycles. The molecule has 2 saturated carbocycles. The standard InChI is InChI=1S/C15H19NO/c1-10-2-5-13(16-9-10)8-15(17)14-7-11-3-4-12(14)6-11/h2,5,9,11-12,14H,3-4,6-8H2,1H3. The topological polar surface area (TPSA) is 30.0 Å². The van der Waals surface area contributed by atoms with Crippen LogP contribution in [-0.2, 0) is 11.2 Å². The highest BCUT2D eigenvalue weighted by atomic mass is 16.1. The first-order valence-electron chi connectivity index (χ1n) is 6.66. The van der Waals surface area contributed by atoms with Gasteiger partial charge < -0.3 is 0 Å². The Morgan fingerprint density at radius 2 is 2.24 bits per heavy atom. The van der Waals surface area contributed by atoms with Crippen molar-refractivity contribution < 1.29 is 4.79 Å². The lowest BCUT2D eigenvalue weighted by atomic mass is 9.84. The molecular weight excluding hydrogens is 210 g/mol. The van der Waals surface area contributed by atoms with E-state index in [1.807, 2.05) is 25.3 Å². The molecule has 1 aromatic heterocycles. The number of carbonyl (C=O) groups excluding carboxylic acids is 1. The predicted octanol–water partition coefficient (Wildman–Crippen LogP) is 2.94. The fourth-order valence-corrected chi connectivity index (χ4v) is 3.55. The molecule has 1 aromatic rings. The van der Waals surface area contributed by atoms with Crippen molar-refractivity contribution in [1.29, 1.82) is 0 Å². The Hall–Kier alpha value is -1.18. The summed E-state index contributed by atoms with van der Waals surface area (Å²) < 4.78 is 0. The van der Waals surface area contributed by atoms with Crippen LogP contribution in [0.4, 0.5) is 0 Å². The van der Waals surface area contributed by atoms with Crippen LogP contribution in [0.1, 0.15) is 36.9 Å². The summed E-state index contributed by atoms with van der Waals surface area (Å²) in [7, 11) is 0. The van der Waals surface area contributed by atoms with Crippen molar-refractivity contribution in [1.82, 2.24) is 4.98 Å². The second-order valence-electron chi connectivity index (χ2n) is 5.75. The minimum absolute atomic E-state index is 0.344. The molecule has 2 heteroatoms. The van der Waals surface area contributed by atoms with Crippen LogP contribution in [0.2, 0.25) is 0 Å². The number of aryl methyl sites for hydroxylation is 1. The van der Waals surface area contributed by atoms with E-state index < -0.39 is 0 Å². The molecule has 3 rings (SSSR count). The number of hydrogen-bond donors (Lipinski definition) is 0. The number of pyridine rings is 1. The molecule has 0 saturated heterocycles. The van der Waals surface area contributed by atoms with E-state index in [9.17, 15) is 4.79 Å². The lowest BCUT2D eigenvalue weighted by molar-refractivity contribution is -0.123. The molecule has 0 spiro atoms. The lowest BCUT2D eigenvalue weighted by Crippen LogP contribution is -2.22. The molecule has 2 bridgehead atoms. The quantitative estimate of drug-likeness (QED) is 0.797. The van der Waals surface area contributed by atoms with Gasteiger partial charge >= 0.3 is 0 Å². The van der Waals surface area contributed by atoms with Gasteiger partial charge in [-0.3, -0.25) is 9.78 Å². The largest absolute Gasteiger partial charge is 0.299 e. The number of Topliss-reactive ketones (excluding diaryl/α,β-unsaturated/α-hetero) is 1. The number of aromatic nitrogens is 1. The molecule has 0 amide bonds. The molecule has 0 radical (unpaired) electrons. The molecule has 2 fully saturated rings. The van der Waals surface area contributed by atoms with Gasteiger partial charge in [0.15, 0.2) is 0 Å². The number of hydrogen-bond acceptors (Lipinski definition) is 2. The van der Waals surface area contributed by atoms with Crippen LogP contribution in [-0.4, -0.2) is 10.8 Å². The van der Waals surface area contributed by atoms with Crippen molar-refractivity contribution in [2.45, 2.75) is 39.0 Å². The van der Waals surface area contributed by atoms with Crippen LogP contribution in [0.25, 0.3) is 0 Å². The van der Waals surface area contributed by atoms with Gasteiger partial charge in [-0.05, 0) is 49.7 Å². The predicted molar refractivity (Wildman–Crippen MR) is 66.6 cm³/mol. The van der Waals surface area contributed by atoms with E-state index in [1.54, 1.807) is 0 Å². The van der Waals surface area contributed by atoms with Crippen molar-refractivity contribution in [2.24, 2.45) is 17.8 Å². The Labute approximate surface area is 102 Å². The Balaban J connectivity index is 1.65. The second kappa shape index (κ2) is 4.25. The third kappa shape index (κ3) is 2.13. The molecule has 0 aromatic carbocycles. The summed E-state index contributed by atoms with van der Waals surface area (Å²) in [4.78, 5) is 16.6. The molecule has 0 N–H and O–H groups in total. The third-order valence-corrected chi connectivity index (χ3v) is 4.48. The minimum Gasteiger partial charge on any atom is -0.299 e. The maximum atomic E-state index is 12.2. The van der Waals surface area contributed by atoms with Crippen molar-refractivity contribution in [3.8, 4) is 0 Å². The summed E-state index contributed by atoms with van der Waals surface area (Å²) in [5.41, 5.74) is 2.09. The van der Waals surface area contributed by atoms with E-state index in [0.717, 1.165) is 23.6 Å². The van der Waals surface area contributed by atoms with E-state index in [4.69, 9.17) is 0 Å². The fourth-order valence-electron chi connectivity index (χ4n) is 3.55. The average molecular weight is 229 g/mol. The maximum Gasteiger partial charge on any atom is 0.142 e. The highest BCUT2D eigenvalue weighted by Crippen LogP contribution is 2.48. The summed E-state index contributed by atoms with van der Waals surface area (Å²) in [6, 6.07) is 4.02. The zero-order valence-electron chi connectivity index (χ0n) is 10.4. The van der Waals surface area contributed by atoms with Crippen LogP contribution < -0.4 is 0 Å². The molecule has 3 atom stereocenters. The monoisotopic (exact) mass is 229 g/mol. The highest BCUT2D eigenvalue weighted by Gasteiger charge is 2.42. The fraction of sp³-hybridized carbons (Fsp3) is 0.600. The highest BCUT2D eigenvalue weighted by molar-refractivity contribution is 5.83. The first-order valence-corrected chi connectivity index (χ1v) is 6.66. The van der Waals surface area contributed by atoms with Crippen LogP contribution >= 0.6 is 0 Å². The number of nitrogens with zero attached hydrogens (tertiary/aromatic N) is 1. The summed E-state index contributed by atoms with van der Waals surface area (Å²) in [6.07, 6.45) is 7.48.